The van der Waals surface area contributed by atoms with Crippen molar-refractivity contribution < 1.29 is 12.4 Å². The fraction of sp³-hybridized carbons (Fsp3) is 0.545. The third-order valence-electron chi connectivity index (χ3n) is 2.38. The number of hydrogen-bond acceptors (Lipinski definition) is 2. The van der Waals surface area contributed by atoms with Gasteiger partial charge >= 0.3 is 0 Å². The molecule has 0 aliphatic heterocycles. The molecule has 0 saturated carbocycles. The zero-order chi connectivity index (χ0) is 9.73. The van der Waals surface area contributed by atoms with Crippen LogP contribution in [0.2, 0.25) is 0 Å². The van der Waals surface area contributed by atoms with Crippen molar-refractivity contribution in [2.75, 3.05) is 0 Å². The largest absolute Gasteiger partial charge is 1.00 e. The molecule has 0 aliphatic carbocycles. The summed E-state index contributed by atoms with van der Waals surface area (Å²) in [6, 6.07) is 4.06. The SMILES string of the molecule is CCC(C)(C)NCc1cccnc1.[Cl-]. The second kappa shape index (κ2) is 5.99. The van der Waals surface area contributed by atoms with Gasteiger partial charge < -0.3 is 17.7 Å². The molecule has 0 saturated heterocycles. The van der Waals surface area contributed by atoms with Gasteiger partial charge in [-0.3, -0.25) is 4.98 Å². The predicted octanol–water partition coefficient (Wildman–Crippen LogP) is -0.636. The predicted molar refractivity (Wildman–Crippen MR) is 55.4 cm³/mol. The lowest BCUT2D eigenvalue weighted by Crippen LogP contribution is -3.00. The van der Waals surface area contributed by atoms with E-state index < -0.39 is 0 Å². The van der Waals surface area contributed by atoms with Gasteiger partial charge in [0.15, 0.2) is 0 Å². The highest BCUT2D eigenvalue weighted by Crippen LogP contribution is 2.08. The Bertz CT molecular complexity index is 247. The highest BCUT2D eigenvalue weighted by atomic mass is 35.5. The second-order valence-corrected chi connectivity index (χ2v) is 3.95. The summed E-state index contributed by atoms with van der Waals surface area (Å²) in [5.74, 6) is 0. The Morgan fingerprint density at radius 3 is 2.64 bits per heavy atom. The molecular weight excluding hydrogens is 196 g/mol. The smallest absolute Gasteiger partial charge is 0.0312 e. The molecule has 0 aromatic carbocycles. The van der Waals surface area contributed by atoms with E-state index >= 15 is 0 Å². The van der Waals surface area contributed by atoms with E-state index in [4.69, 9.17) is 0 Å². The molecule has 1 rings (SSSR count). The first kappa shape index (κ1) is 13.4. The van der Waals surface area contributed by atoms with Crippen LogP contribution in [0.1, 0.15) is 32.8 Å². The van der Waals surface area contributed by atoms with Gasteiger partial charge in [0.2, 0.25) is 0 Å². The molecule has 1 aromatic heterocycles. The number of pyridine rings is 1. The molecule has 0 radical (unpaired) electrons. The Labute approximate surface area is 92.5 Å². The van der Waals surface area contributed by atoms with Crippen molar-refractivity contribution in [3.05, 3.63) is 30.1 Å². The number of hydrogen-bond donors (Lipinski definition) is 1. The van der Waals surface area contributed by atoms with E-state index in [0.29, 0.717) is 0 Å². The van der Waals surface area contributed by atoms with Crippen LogP contribution in [-0.2, 0) is 6.54 Å². The Balaban J connectivity index is 0.00000169. The summed E-state index contributed by atoms with van der Waals surface area (Å²) in [4.78, 5) is 4.07. The van der Waals surface area contributed by atoms with Gasteiger partial charge in [-0.1, -0.05) is 13.0 Å². The van der Waals surface area contributed by atoms with Crippen molar-refractivity contribution in [2.45, 2.75) is 39.3 Å². The summed E-state index contributed by atoms with van der Waals surface area (Å²) < 4.78 is 0. The van der Waals surface area contributed by atoms with Gasteiger partial charge in [-0.25, -0.2) is 0 Å². The van der Waals surface area contributed by atoms with Crippen LogP contribution in [0.15, 0.2) is 24.5 Å². The van der Waals surface area contributed by atoms with E-state index in [9.17, 15) is 0 Å². The Hall–Kier alpha value is -0.600. The average molecular weight is 214 g/mol. The Kier molecular flexibility index (Phi) is 5.73. The minimum absolute atomic E-state index is 0. The summed E-state index contributed by atoms with van der Waals surface area (Å²) in [6.07, 6.45) is 4.83. The number of halogens is 1. The summed E-state index contributed by atoms with van der Waals surface area (Å²) in [6.45, 7) is 7.51. The van der Waals surface area contributed by atoms with Gasteiger partial charge in [0, 0.05) is 24.5 Å². The van der Waals surface area contributed by atoms with Gasteiger partial charge in [0.1, 0.15) is 0 Å². The summed E-state index contributed by atoms with van der Waals surface area (Å²) >= 11 is 0. The molecule has 80 valence electrons. The van der Waals surface area contributed by atoms with Crippen molar-refractivity contribution >= 4 is 0 Å². The molecule has 3 heteroatoms. The molecule has 0 aliphatic rings. The van der Waals surface area contributed by atoms with Crippen molar-refractivity contribution in [1.82, 2.24) is 10.3 Å². The molecule has 0 amide bonds. The average Bonchev–Trinajstić information content (AvgIpc) is 2.17. The summed E-state index contributed by atoms with van der Waals surface area (Å²) in [5, 5.41) is 3.48. The fourth-order valence-corrected chi connectivity index (χ4v) is 0.969. The summed E-state index contributed by atoms with van der Waals surface area (Å²) in [5.41, 5.74) is 1.46. The molecule has 2 nitrogen and oxygen atoms in total. The van der Waals surface area contributed by atoms with E-state index in [0.717, 1.165) is 13.0 Å². The molecule has 0 fully saturated rings. The van der Waals surface area contributed by atoms with E-state index in [2.05, 4.69) is 37.1 Å². The molecule has 0 bridgehead atoms. The number of nitrogens with zero attached hydrogens (tertiary/aromatic N) is 1. The lowest BCUT2D eigenvalue weighted by atomic mass is 10.0. The zero-order valence-corrected chi connectivity index (χ0v) is 9.80. The third kappa shape index (κ3) is 4.58. The lowest BCUT2D eigenvalue weighted by Gasteiger charge is -2.24. The van der Waals surface area contributed by atoms with E-state index in [1.165, 1.54) is 5.56 Å². The first-order valence-electron chi connectivity index (χ1n) is 4.78. The van der Waals surface area contributed by atoms with Crippen molar-refractivity contribution in [1.29, 1.82) is 0 Å². The quantitative estimate of drug-likeness (QED) is 0.720. The topological polar surface area (TPSA) is 24.9 Å². The molecule has 0 spiro atoms. The third-order valence-corrected chi connectivity index (χ3v) is 2.38. The first-order chi connectivity index (χ1) is 6.14. The normalized spacial score (nSPS) is 10.8. The molecule has 0 atom stereocenters. The van der Waals surface area contributed by atoms with Crippen LogP contribution in [0.4, 0.5) is 0 Å². The van der Waals surface area contributed by atoms with Crippen LogP contribution in [0.3, 0.4) is 0 Å². The van der Waals surface area contributed by atoms with Gasteiger partial charge in [-0.15, -0.1) is 0 Å². The monoisotopic (exact) mass is 213 g/mol. The molecular formula is C11H18ClN2-. The first-order valence-corrected chi connectivity index (χ1v) is 4.78. The maximum atomic E-state index is 4.07. The summed E-state index contributed by atoms with van der Waals surface area (Å²) in [7, 11) is 0. The standard InChI is InChI=1S/C11H18N2.ClH/c1-4-11(2,3)13-9-10-6-5-7-12-8-10;/h5-8,13H,4,9H2,1-3H3;1H/p-1. The van der Waals surface area contributed by atoms with Gasteiger partial charge in [-0.05, 0) is 31.9 Å². The van der Waals surface area contributed by atoms with Crippen LogP contribution >= 0.6 is 0 Å². The Morgan fingerprint density at radius 1 is 1.43 bits per heavy atom. The van der Waals surface area contributed by atoms with E-state index in [1.807, 2.05) is 12.3 Å². The van der Waals surface area contributed by atoms with Gasteiger partial charge in [-0.2, -0.15) is 0 Å². The van der Waals surface area contributed by atoms with Gasteiger partial charge in [0.25, 0.3) is 0 Å². The van der Waals surface area contributed by atoms with Gasteiger partial charge in [0.05, 0.1) is 0 Å². The van der Waals surface area contributed by atoms with Crippen molar-refractivity contribution in [3.8, 4) is 0 Å². The van der Waals surface area contributed by atoms with Crippen LogP contribution in [0.5, 0.6) is 0 Å². The molecule has 1 heterocycles. The van der Waals surface area contributed by atoms with Crippen LogP contribution in [-0.4, -0.2) is 10.5 Å². The number of rotatable bonds is 4. The maximum Gasteiger partial charge on any atom is 0.0312 e. The zero-order valence-electron chi connectivity index (χ0n) is 9.05. The molecule has 1 aromatic rings. The van der Waals surface area contributed by atoms with Crippen LogP contribution in [0.25, 0.3) is 0 Å². The number of aromatic nitrogens is 1. The maximum absolute atomic E-state index is 4.07. The Morgan fingerprint density at radius 2 is 2.14 bits per heavy atom. The van der Waals surface area contributed by atoms with Crippen LogP contribution < -0.4 is 17.7 Å². The highest BCUT2D eigenvalue weighted by Gasteiger charge is 2.12. The minimum Gasteiger partial charge on any atom is -1.00 e. The molecule has 14 heavy (non-hydrogen) atoms. The number of nitrogens with one attached hydrogen (secondary N) is 1. The van der Waals surface area contributed by atoms with Crippen molar-refractivity contribution in [2.24, 2.45) is 0 Å². The molecule has 1 N–H and O–H groups in total. The highest BCUT2D eigenvalue weighted by molar-refractivity contribution is 5.08. The molecule has 0 unspecified atom stereocenters. The minimum atomic E-state index is 0. The second-order valence-electron chi connectivity index (χ2n) is 3.95. The van der Waals surface area contributed by atoms with Crippen molar-refractivity contribution in [3.63, 3.8) is 0 Å². The fourth-order valence-electron chi connectivity index (χ4n) is 0.969. The lowest BCUT2D eigenvalue weighted by molar-refractivity contribution is -0.00000340. The van der Waals surface area contributed by atoms with E-state index in [1.54, 1.807) is 6.20 Å². The van der Waals surface area contributed by atoms with Crippen LogP contribution in [0, 0.1) is 0 Å². The van der Waals surface area contributed by atoms with E-state index in [-0.39, 0.29) is 17.9 Å².